The average molecular weight is 387 g/mol. The zero-order valence-electron chi connectivity index (χ0n) is 3.88. The maximum atomic E-state index is 0. The zero-order valence-corrected chi connectivity index (χ0v) is 12.6. The van der Waals surface area contributed by atoms with Gasteiger partial charge in [-0.3, -0.25) is 0 Å². The molecule has 0 unspecified atom stereocenters. The van der Waals surface area contributed by atoms with Crippen molar-refractivity contribution in [1.82, 2.24) is 0 Å². The van der Waals surface area contributed by atoms with Gasteiger partial charge < -0.3 is 99.3 Å². The SMILES string of the molecule is [Cl-].[Cl-].[Cl-].[Cl-].[Cl-].[Cl-].[Cl-].[Cl-].[Cr+3].[V+5]. The first kappa shape index (κ1) is 176. The molecule has 0 fully saturated rings. The van der Waals surface area contributed by atoms with Crippen LogP contribution in [-0.2, 0) is 35.9 Å². The molecule has 0 aromatic rings. The van der Waals surface area contributed by atoms with E-state index in [1.807, 2.05) is 0 Å². The molecule has 10 heavy (non-hydrogen) atoms. The predicted molar refractivity (Wildman–Crippen MR) is 0 cm³/mol. The first-order chi connectivity index (χ1) is 0. The number of hydrogen-bond acceptors (Lipinski definition) is 0. The fourth-order valence-corrected chi connectivity index (χ4v) is 0. The maximum Gasteiger partial charge on any atom is 5.00 e. The first-order valence-corrected chi connectivity index (χ1v) is 0. The minimum absolute atomic E-state index is 0. The predicted octanol–water partition coefficient (Wildman–Crippen LogP) is -24.0. The molecule has 67 valence electrons. The standard InChI is InChI=1S/8ClH.Cr.V/h8*1H;;/q;;;;;;;;+3;+5/p-8. The van der Waals surface area contributed by atoms with Gasteiger partial charge in [0.15, 0.2) is 0 Å². The van der Waals surface area contributed by atoms with E-state index in [1.165, 1.54) is 0 Å². The molecule has 0 aliphatic heterocycles. The summed E-state index contributed by atoms with van der Waals surface area (Å²) in [5.41, 5.74) is 0. The monoisotopic (exact) mass is 383 g/mol. The van der Waals surface area contributed by atoms with Gasteiger partial charge >= 0.3 is 35.9 Å². The number of rotatable bonds is 0. The van der Waals surface area contributed by atoms with Crippen LogP contribution in [0.15, 0.2) is 0 Å². The molecule has 0 rings (SSSR count). The van der Waals surface area contributed by atoms with Crippen LogP contribution in [0, 0.1) is 0 Å². The second kappa shape index (κ2) is 138. The van der Waals surface area contributed by atoms with Crippen molar-refractivity contribution in [2.75, 3.05) is 0 Å². The third-order valence-corrected chi connectivity index (χ3v) is 0. The summed E-state index contributed by atoms with van der Waals surface area (Å²) < 4.78 is 0. The van der Waals surface area contributed by atoms with E-state index in [9.17, 15) is 0 Å². The van der Waals surface area contributed by atoms with E-state index >= 15 is 0 Å². The minimum Gasteiger partial charge on any atom is -1.00 e. The van der Waals surface area contributed by atoms with Gasteiger partial charge in [0.25, 0.3) is 0 Å². The summed E-state index contributed by atoms with van der Waals surface area (Å²) in [4.78, 5) is 0. The van der Waals surface area contributed by atoms with Gasteiger partial charge in [0.05, 0.1) is 0 Å². The van der Waals surface area contributed by atoms with E-state index in [1.54, 1.807) is 0 Å². The molecular formula is Cl8CrV. The molecule has 0 N–H and O–H groups in total. The van der Waals surface area contributed by atoms with Gasteiger partial charge in [0, 0.05) is 0 Å². The summed E-state index contributed by atoms with van der Waals surface area (Å²) in [6.45, 7) is 0. The Balaban J connectivity index is 0. The molecule has 0 nitrogen and oxygen atoms in total. The van der Waals surface area contributed by atoms with Crippen LogP contribution < -0.4 is 99.3 Å². The molecule has 0 heterocycles. The summed E-state index contributed by atoms with van der Waals surface area (Å²) in [6, 6.07) is 0. The third kappa shape index (κ3) is 105. The Kier molecular flexibility index (Phi) is 2420. The van der Waals surface area contributed by atoms with E-state index in [-0.39, 0.29) is 135 Å². The Hall–Kier alpha value is 3.44. The van der Waals surface area contributed by atoms with Gasteiger partial charge in [0.1, 0.15) is 0 Å². The van der Waals surface area contributed by atoms with Crippen molar-refractivity contribution in [2.45, 2.75) is 0 Å². The molecule has 0 amide bonds. The van der Waals surface area contributed by atoms with Crippen molar-refractivity contribution in [3.8, 4) is 0 Å². The molecule has 0 aromatic carbocycles. The fourth-order valence-electron chi connectivity index (χ4n) is 0. The van der Waals surface area contributed by atoms with Crippen molar-refractivity contribution >= 4 is 0 Å². The molecule has 0 atom stereocenters. The van der Waals surface area contributed by atoms with Crippen molar-refractivity contribution < 1.29 is 135 Å². The molecule has 0 aromatic heterocycles. The van der Waals surface area contributed by atoms with Gasteiger partial charge in [-0.05, 0) is 0 Å². The number of halogens is 8. The summed E-state index contributed by atoms with van der Waals surface area (Å²) in [6.07, 6.45) is 0. The Morgan fingerprint density at radius 2 is 0.300 bits per heavy atom. The molecule has 0 saturated heterocycles. The Morgan fingerprint density at radius 3 is 0.300 bits per heavy atom. The smallest absolute Gasteiger partial charge is 1.00 e. The van der Waals surface area contributed by atoms with Crippen molar-refractivity contribution in [1.29, 1.82) is 0 Å². The van der Waals surface area contributed by atoms with Crippen LogP contribution >= 0.6 is 0 Å². The van der Waals surface area contributed by atoms with E-state index in [4.69, 9.17) is 0 Å². The molecular weight excluding hydrogens is 387 g/mol. The van der Waals surface area contributed by atoms with E-state index in [0.717, 1.165) is 0 Å². The van der Waals surface area contributed by atoms with Crippen LogP contribution in [0.3, 0.4) is 0 Å². The second-order valence-electron chi connectivity index (χ2n) is 0. The number of hydrogen-bond donors (Lipinski definition) is 0. The van der Waals surface area contributed by atoms with Crippen LogP contribution in [0.25, 0.3) is 0 Å². The van der Waals surface area contributed by atoms with Gasteiger partial charge in [-0.2, -0.15) is 0 Å². The van der Waals surface area contributed by atoms with Crippen molar-refractivity contribution in [3.63, 3.8) is 0 Å². The van der Waals surface area contributed by atoms with E-state index in [2.05, 4.69) is 0 Å². The quantitative estimate of drug-likeness (QED) is 0.388. The van der Waals surface area contributed by atoms with E-state index < -0.39 is 0 Å². The summed E-state index contributed by atoms with van der Waals surface area (Å²) in [5.74, 6) is 0. The minimum atomic E-state index is 0. The normalized spacial score (nSPS) is 0. The van der Waals surface area contributed by atoms with Crippen LogP contribution in [0.5, 0.6) is 0 Å². The zero-order chi connectivity index (χ0) is 0. The fraction of sp³-hybridized carbons (Fsp3) is 0. The maximum absolute atomic E-state index is 0. The van der Waals surface area contributed by atoms with Crippen LogP contribution in [0.1, 0.15) is 0 Å². The first-order valence-electron chi connectivity index (χ1n) is 0. The summed E-state index contributed by atoms with van der Waals surface area (Å²) in [5, 5.41) is 0. The topological polar surface area (TPSA) is 0 Å². The van der Waals surface area contributed by atoms with Crippen LogP contribution in [0.2, 0.25) is 0 Å². The van der Waals surface area contributed by atoms with E-state index in [0.29, 0.717) is 0 Å². The Labute approximate surface area is 133 Å². The van der Waals surface area contributed by atoms with Gasteiger partial charge in [-0.15, -0.1) is 0 Å². The van der Waals surface area contributed by atoms with Gasteiger partial charge in [-0.1, -0.05) is 0 Å². The van der Waals surface area contributed by atoms with Crippen LogP contribution in [0.4, 0.5) is 0 Å². The summed E-state index contributed by atoms with van der Waals surface area (Å²) in [7, 11) is 0. The van der Waals surface area contributed by atoms with Gasteiger partial charge in [-0.25, -0.2) is 0 Å². The summed E-state index contributed by atoms with van der Waals surface area (Å²) >= 11 is 0. The average Bonchev–Trinajstić information content (AvgIpc) is 0. The van der Waals surface area contributed by atoms with Crippen molar-refractivity contribution in [2.24, 2.45) is 0 Å². The molecule has 0 aliphatic carbocycles. The van der Waals surface area contributed by atoms with Crippen LogP contribution in [-0.4, -0.2) is 0 Å². The van der Waals surface area contributed by atoms with Gasteiger partial charge in [0.2, 0.25) is 0 Å². The molecule has 1 radical (unpaired) electrons. The molecule has 0 bridgehead atoms. The van der Waals surface area contributed by atoms with Crippen molar-refractivity contribution in [3.05, 3.63) is 0 Å². The second-order valence-corrected chi connectivity index (χ2v) is 0. The third-order valence-electron chi connectivity index (χ3n) is 0. The largest absolute Gasteiger partial charge is 5.00 e. The molecule has 10 heteroatoms. The molecule has 0 spiro atoms. The molecule has 0 saturated carbocycles. The Bertz CT molecular complexity index is 9.22. The Morgan fingerprint density at radius 1 is 0.300 bits per heavy atom. The molecule has 0 aliphatic rings.